The fourth-order valence-corrected chi connectivity index (χ4v) is 2.46. The molecule has 150 valence electrons. The van der Waals surface area contributed by atoms with Crippen molar-refractivity contribution in [2.45, 2.75) is 30.7 Å². The van der Waals surface area contributed by atoms with E-state index in [-0.39, 0.29) is 17.2 Å². The first-order valence-corrected chi connectivity index (χ1v) is 7.96. The second kappa shape index (κ2) is 9.02. The zero-order valence-corrected chi connectivity index (χ0v) is 14.7. The molecule has 1 aromatic rings. The van der Waals surface area contributed by atoms with Crippen molar-refractivity contribution in [1.82, 2.24) is 0 Å². The average molecular weight is 386 g/mol. The van der Waals surface area contributed by atoms with E-state index in [2.05, 4.69) is 0 Å². The number of methoxy groups -OCH3 is 2. The van der Waals surface area contributed by atoms with Crippen LogP contribution in [0, 0.1) is 0 Å². The van der Waals surface area contributed by atoms with E-state index < -0.39 is 43.3 Å². The van der Waals surface area contributed by atoms with Gasteiger partial charge in [-0.3, -0.25) is 0 Å². The van der Waals surface area contributed by atoms with Crippen LogP contribution in [0.5, 0.6) is 17.2 Å². The third kappa shape index (κ3) is 4.87. The number of rotatable bonds is 6. The molecule has 0 saturated carbocycles. The van der Waals surface area contributed by atoms with Crippen molar-refractivity contribution in [3.8, 4) is 17.2 Å². The number of esters is 1. The van der Waals surface area contributed by atoms with Crippen molar-refractivity contribution in [3.63, 3.8) is 0 Å². The molecule has 1 saturated heterocycles. The van der Waals surface area contributed by atoms with Gasteiger partial charge in [0, 0.05) is 6.08 Å². The summed E-state index contributed by atoms with van der Waals surface area (Å²) in [5, 5.41) is 48.0. The third-order valence-corrected chi connectivity index (χ3v) is 3.99. The maximum Gasteiger partial charge on any atom is 0.330 e. The number of hydrogen-bond acceptors (Lipinski definition) is 10. The van der Waals surface area contributed by atoms with Crippen molar-refractivity contribution in [2.24, 2.45) is 0 Å². The fraction of sp³-hybridized carbons (Fsp3) is 0.471. The van der Waals surface area contributed by atoms with Crippen molar-refractivity contribution < 1.29 is 49.3 Å². The van der Waals surface area contributed by atoms with E-state index >= 15 is 0 Å². The van der Waals surface area contributed by atoms with E-state index in [1.165, 1.54) is 32.4 Å². The zero-order valence-electron chi connectivity index (χ0n) is 14.7. The second-order valence-electron chi connectivity index (χ2n) is 5.77. The highest BCUT2D eigenvalue weighted by Gasteiger charge is 2.43. The summed E-state index contributed by atoms with van der Waals surface area (Å²) in [6.45, 7) is -0.451. The lowest BCUT2D eigenvalue weighted by molar-refractivity contribution is -0.287. The Hall–Kier alpha value is -2.37. The standard InChI is InChI=1S/C17H22O10/c1-24-9-5-8(6-10(25-2)13(9)19)3-4-12(18)26-7-11-14(20)15(21)16(22)17(23)27-11/h3-6,11,14-17,19-23H,7H2,1-2H3/b4-3+/t11-,14-,15+,16-,17?/m1/s1. The number of phenolic OH excluding ortho intramolecular Hbond substituents is 1. The number of hydrogen-bond donors (Lipinski definition) is 5. The molecule has 2 rings (SSSR count). The molecule has 5 atom stereocenters. The van der Waals surface area contributed by atoms with Crippen LogP contribution in [0.15, 0.2) is 18.2 Å². The van der Waals surface area contributed by atoms with Crippen molar-refractivity contribution in [3.05, 3.63) is 23.8 Å². The van der Waals surface area contributed by atoms with Gasteiger partial charge in [-0.15, -0.1) is 0 Å². The first-order chi connectivity index (χ1) is 12.8. The minimum absolute atomic E-state index is 0.155. The molecule has 5 N–H and O–H groups in total. The summed E-state index contributed by atoms with van der Waals surface area (Å²) in [6.07, 6.45) is -5.27. The van der Waals surface area contributed by atoms with Crippen LogP contribution in [0.4, 0.5) is 0 Å². The van der Waals surface area contributed by atoms with Crippen molar-refractivity contribution >= 4 is 12.0 Å². The Balaban J connectivity index is 1.98. The van der Waals surface area contributed by atoms with Gasteiger partial charge in [-0.1, -0.05) is 0 Å². The predicted octanol–water partition coefficient (Wildman–Crippen LogP) is -1.23. The largest absolute Gasteiger partial charge is 0.502 e. The van der Waals surface area contributed by atoms with Crippen LogP contribution < -0.4 is 9.47 Å². The summed E-state index contributed by atoms with van der Waals surface area (Å²) >= 11 is 0. The normalized spacial score (nSPS) is 28.1. The molecule has 0 aromatic heterocycles. The smallest absolute Gasteiger partial charge is 0.330 e. The van der Waals surface area contributed by atoms with Gasteiger partial charge >= 0.3 is 5.97 Å². The fourth-order valence-electron chi connectivity index (χ4n) is 2.46. The summed E-state index contributed by atoms with van der Waals surface area (Å²) in [7, 11) is 2.73. The van der Waals surface area contributed by atoms with E-state index in [4.69, 9.17) is 18.9 Å². The number of ether oxygens (including phenoxy) is 4. The highest BCUT2D eigenvalue weighted by molar-refractivity contribution is 5.87. The van der Waals surface area contributed by atoms with Gasteiger partial charge in [-0.2, -0.15) is 0 Å². The van der Waals surface area contributed by atoms with E-state index in [0.717, 1.165) is 6.08 Å². The molecule has 0 aliphatic carbocycles. The number of phenols is 1. The molecule has 27 heavy (non-hydrogen) atoms. The topological polar surface area (TPSA) is 155 Å². The quantitative estimate of drug-likeness (QED) is 0.296. The summed E-state index contributed by atoms with van der Waals surface area (Å²) < 4.78 is 19.8. The molecule has 1 aromatic carbocycles. The monoisotopic (exact) mass is 386 g/mol. The van der Waals surface area contributed by atoms with Gasteiger partial charge in [0.05, 0.1) is 14.2 Å². The lowest BCUT2D eigenvalue weighted by Crippen LogP contribution is -2.58. The average Bonchev–Trinajstić information content (AvgIpc) is 2.67. The number of aromatic hydroxyl groups is 1. The number of aliphatic hydroxyl groups is 4. The van der Waals surface area contributed by atoms with Crippen LogP contribution in [0.25, 0.3) is 6.08 Å². The van der Waals surface area contributed by atoms with Crippen LogP contribution in [-0.2, 0) is 14.3 Å². The Morgan fingerprint density at radius 3 is 2.22 bits per heavy atom. The number of benzene rings is 1. The SMILES string of the molecule is COc1cc(/C=C/C(=O)OC[C@H]2OC(O)[C@H](O)[C@@H](O)[C@@H]2O)cc(OC)c1O. The van der Waals surface area contributed by atoms with Gasteiger partial charge in [0.15, 0.2) is 17.8 Å². The third-order valence-electron chi connectivity index (χ3n) is 3.99. The Labute approximate surface area is 154 Å². The summed E-state index contributed by atoms with van der Waals surface area (Å²) in [5.41, 5.74) is 0.487. The van der Waals surface area contributed by atoms with Gasteiger partial charge in [-0.25, -0.2) is 4.79 Å². The Morgan fingerprint density at radius 1 is 1.07 bits per heavy atom. The van der Waals surface area contributed by atoms with Crippen molar-refractivity contribution in [1.29, 1.82) is 0 Å². The van der Waals surface area contributed by atoms with Gasteiger partial charge < -0.3 is 44.5 Å². The van der Waals surface area contributed by atoms with E-state index in [0.29, 0.717) is 5.56 Å². The highest BCUT2D eigenvalue weighted by atomic mass is 16.6. The first kappa shape index (κ1) is 20.9. The first-order valence-electron chi connectivity index (χ1n) is 7.96. The molecule has 0 radical (unpaired) electrons. The Bertz CT molecular complexity index is 663. The van der Waals surface area contributed by atoms with Crippen LogP contribution in [0.3, 0.4) is 0 Å². The molecule has 10 heteroatoms. The predicted molar refractivity (Wildman–Crippen MR) is 90.1 cm³/mol. The molecule has 1 unspecified atom stereocenters. The van der Waals surface area contributed by atoms with Crippen molar-refractivity contribution in [2.75, 3.05) is 20.8 Å². The molecule has 0 spiro atoms. The van der Waals surface area contributed by atoms with E-state index in [9.17, 15) is 30.3 Å². The van der Waals surface area contributed by atoms with Gasteiger partial charge in [0.1, 0.15) is 31.0 Å². The molecule has 1 heterocycles. The molecule has 1 fully saturated rings. The Morgan fingerprint density at radius 2 is 1.67 bits per heavy atom. The van der Waals surface area contributed by atoms with Crippen LogP contribution in [-0.4, -0.2) is 83.0 Å². The maximum atomic E-state index is 11.8. The van der Waals surface area contributed by atoms with E-state index in [1.54, 1.807) is 0 Å². The molecule has 0 bridgehead atoms. The summed E-state index contributed by atoms with van der Waals surface area (Å²) in [4.78, 5) is 11.8. The van der Waals surface area contributed by atoms with Crippen LogP contribution in [0.2, 0.25) is 0 Å². The van der Waals surface area contributed by atoms with E-state index in [1.807, 2.05) is 0 Å². The zero-order chi connectivity index (χ0) is 20.1. The maximum absolute atomic E-state index is 11.8. The summed E-state index contributed by atoms with van der Waals surface area (Å²) in [6, 6.07) is 2.95. The van der Waals surface area contributed by atoms with Crippen LogP contribution >= 0.6 is 0 Å². The summed E-state index contributed by atoms with van der Waals surface area (Å²) in [5.74, 6) is -0.653. The van der Waals surface area contributed by atoms with Gasteiger partial charge in [0.25, 0.3) is 0 Å². The lowest BCUT2D eigenvalue weighted by atomic mass is 9.99. The number of aliphatic hydroxyl groups excluding tert-OH is 4. The number of carbonyl (C=O) groups is 1. The molecule has 1 aliphatic rings. The molecule has 0 amide bonds. The minimum atomic E-state index is -1.71. The Kier molecular flexibility index (Phi) is 6.99. The highest BCUT2D eigenvalue weighted by Crippen LogP contribution is 2.37. The number of carbonyl (C=O) groups excluding carboxylic acids is 1. The molecular formula is C17H22O10. The lowest BCUT2D eigenvalue weighted by Gasteiger charge is -2.37. The molecule has 1 aliphatic heterocycles. The second-order valence-corrected chi connectivity index (χ2v) is 5.77. The molecule has 10 nitrogen and oxygen atoms in total. The molecular weight excluding hydrogens is 364 g/mol. The van der Waals surface area contributed by atoms with Gasteiger partial charge in [0.2, 0.25) is 5.75 Å². The van der Waals surface area contributed by atoms with Gasteiger partial charge in [-0.05, 0) is 23.8 Å². The minimum Gasteiger partial charge on any atom is -0.502 e. The van der Waals surface area contributed by atoms with Crippen LogP contribution in [0.1, 0.15) is 5.56 Å².